The Morgan fingerprint density at radius 2 is 2.28 bits per heavy atom. The quantitative estimate of drug-likeness (QED) is 0.801. The number of piperidine rings is 1. The SMILES string of the molecule is Cc1occc1C(=O)N1CCCC(OCCc2noc(C3CC3)n2)C1. The summed E-state index contributed by atoms with van der Waals surface area (Å²) in [6.45, 7) is 3.73. The maximum absolute atomic E-state index is 12.6. The van der Waals surface area contributed by atoms with Crippen LogP contribution in [0.3, 0.4) is 0 Å². The maximum atomic E-state index is 12.6. The summed E-state index contributed by atoms with van der Waals surface area (Å²) in [5.41, 5.74) is 0.639. The summed E-state index contributed by atoms with van der Waals surface area (Å²) in [6, 6.07) is 1.73. The van der Waals surface area contributed by atoms with Crippen LogP contribution in [0.15, 0.2) is 21.3 Å². The minimum Gasteiger partial charge on any atom is -0.469 e. The number of nitrogens with zero attached hydrogens (tertiary/aromatic N) is 3. The molecule has 1 aliphatic heterocycles. The highest BCUT2D eigenvalue weighted by molar-refractivity contribution is 5.95. The standard InChI is InChI=1S/C18H23N3O4/c1-12-15(6-9-23-12)18(22)21-8-2-3-14(11-21)24-10-7-16-19-17(25-20-16)13-4-5-13/h6,9,13-14H,2-5,7-8,10-11H2,1H3. The Balaban J connectivity index is 1.26. The highest BCUT2D eigenvalue weighted by Crippen LogP contribution is 2.38. The Morgan fingerprint density at radius 3 is 3.04 bits per heavy atom. The normalized spacial score (nSPS) is 20.8. The van der Waals surface area contributed by atoms with Crippen molar-refractivity contribution < 1.29 is 18.5 Å². The zero-order valence-corrected chi connectivity index (χ0v) is 14.4. The van der Waals surface area contributed by atoms with Gasteiger partial charge in [-0.15, -0.1) is 0 Å². The van der Waals surface area contributed by atoms with Gasteiger partial charge in [0.05, 0.1) is 24.5 Å². The van der Waals surface area contributed by atoms with Gasteiger partial charge >= 0.3 is 0 Å². The van der Waals surface area contributed by atoms with Crippen LogP contribution in [0, 0.1) is 6.92 Å². The van der Waals surface area contributed by atoms with E-state index >= 15 is 0 Å². The zero-order valence-electron chi connectivity index (χ0n) is 14.4. The first-order chi connectivity index (χ1) is 12.2. The number of likely N-dealkylation sites (tertiary alicyclic amines) is 1. The third-order valence-electron chi connectivity index (χ3n) is 4.84. The van der Waals surface area contributed by atoms with Crippen molar-refractivity contribution in [3.63, 3.8) is 0 Å². The molecule has 134 valence electrons. The second-order valence-corrected chi connectivity index (χ2v) is 6.85. The summed E-state index contributed by atoms with van der Waals surface area (Å²) in [6.07, 6.45) is 6.47. The summed E-state index contributed by atoms with van der Waals surface area (Å²) in [7, 11) is 0. The zero-order chi connectivity index (χ0) is 17.2. The second kappa shape index (κ2) is 7.00. The minimum absolute atomic E-state index is 0.0202. The lowest BCUT2D eigenvalue weighted by molar-refractivity contribution is 0.00245. The number of rotatable bonds is 6. The molecular formula is C18H23N3O4. The van der Waals surface area contributed by atoms with Gasteiger partial charge in [0, 0.05) is 25.4 Å². The van der Waals surface area contributed by atoms with Gasteiger partial charge in [0.1, 0.15) is 5.76 Å². The van der Waals surface area contributed by atoms with E-state index in [2.05, 4.69) is 10.1 Å². The van der Waals surface area contributed by atoms with Crippen molar-refractivity contribution in [1.29, 1.82) is 0 Å². The van der Waals surface area contributed by atoms with Crippen molar-refractivity contribution in [3.8, 4) is 0 Å². The van der Waals surface area contributed by atoms with Gasteiger partial charge < -0.3 is 18.6 Å². The fourth-order valence-corrected chi connectivity index (χ4v) is 3.22. The second-order valence-electron chi connectivity index (χ2n) is 6.85. The van der Waals surface area contributed by atoms with E-state index in [1.807, 2.05) is 11.8 Å². The van der Waals surface area contributed by atoms with Crippen LogP contribution in [0.5, 0.6) is 0 Å². The molecule has 1 aliphatic carbocycles. The number of hydrogen-bond acceptors (Lipinski definition) is 6. The fraction of sp³-hybridized carbons (Fsp3) is 0.611. The van der Waals surface area contributed by atoms with Crippen LogP contribution in [0.2, 0.25) is 0 Å². The highest BCUT2D eigenvalue weighted by Gasteiger charge is 2.30. The van der Waals surface area contributed by atoms with Crippen molar-refractivity contribution in [2.75, 3.05) is 19.7 Å². The highest BCUT2D eigenvalue weighted by atomic mass is 16.5. The fourth-order valence-electron chi connectivity index (χ4n) is 3.22. The molecule has 0 N–H and O–H groups in total. The van der Waals surface area contributed by atoms with E-state index in [4.69, 9.17) is 13.7 Å². The number of carbonyl (C=O) groups excluding carboxylic acids is 1. The van der Waals surface area contributed by atoms with Gasteiger partial charge in [-0.25, -0.2) is 0 Å². The molecule has 25 heavy (non-hydrogen) atoms. The predicted octanol–water partition coefficient (Wildman–Crippen LogP) is 2.71. The summed E-state index contributed by atoms with van der Waals surface area (Å²) < 4.78 is 16.5. The van der Waals surface area contributed by atoms with Gasteiger partial charge in [-0.3, -0.25) is 4.79 Å². The van der Waals surface area contributed by atoms with Crippen molar-refractivity contribution in [2.24, 2.45) is 0 Å². The van der Waals surface area contributed by atoms with E-state index in [0.717, 1.165) is 38.1 Å². The Hall–Kier alpha value is -2.15. The molecule has 7 nitrogen and oxygen atoms in total. The molecule has 0 bridgehead atoms. The molecule has 1 atom stereocenters. The molecule has 2 aliphatic rings. The molecular weight excluding hydrogens is 322 g/mol. The van der Waals surface area contributed by atoms with Gasteiger partial charge in [0.25, 0.3) is 5.91 Å². The summed E-state index contributed by atoms with van der Waals surface area (Å²) >= 11 is 0. The lowest BCUT2D eigenvalue weighted by Gasteiger charge is -2.32. The first-order valence-corrected chi connectivity index (χ1v) is 8.98. The van der Waals surface area contributed by atoms with Gasteiger partial charge in [-0.2, -0.15) is 4.98 Å². The van der Waals surface area contributed by atoms with Gasteiger partial charge in [-0.05, 0) is 38.7 Å². The van der Waals surface area contributed by atoms with Crippen LogP contribution >= 0.6 is 0 Å². The van der Waals surface area contributed by atoms with Crippen LogP contribution in [-0.4, -0.2) is 46.7 Å². The molecule has 2 aromatic heterocycles. The molecule has 7 heteroatoms. The minimum atomic E-state index is 0.0202. The first-order valence-electron chi connectivity index (χ1n) is 8.98. The Kier molecular flexibility index (Phi) is 4.57. The average molecular weight is 345 g/mol. The lowest BCUT2D eigenvalue weighted by atomic mass is 10.1. The molecule has 4 rings (SSSR count). The van der Waals surface area contributed by atoms with Crippen LogP contribution < -0.4 is 0 Å². The predicted molar refractivity (Wildman–Crippen MR) is 88.3 cm³/mol. The molecule has 1 unspecified atom stereocenters. The summed E-state index contributed by atoms with van der Waals surface area (Å²) in [5, 5.41) is 4.01. The Morgan fingerprint density at radius 1 is 1.40 bits per heavy atom. The number of aromatic nitrogens is 2. The molecule has 1 amide bonds. The molecule has 0 radical (unpaired) electrons. The summed E-state index contributed by atoms with van der Waals surface area (Å²) in [4.78, 5) is 18.8. The van der Waals surface area contributed by atoms with Gasteiger partial charge in [-0.1, -0.05) is 5.16 Å². The lowest BCUT2D eigenvalue weighted by Crippen LogP contribution is -2.43. The summed E-state index contributed by atoms with van der Waals surface area (Å²) in [5.74, 6) is 2.63. The van der Waals surface area contributed by atoms with E-state index < -0.39 is 0 Å². The number of hydrogen-bond donors (Lipinski definition) is 0. The Labute approximate surface area is 146 Å². The van der Waals surface area contributed by atoms with Crippen LogP contribution in [-0.2, 0) is 11.2 Å². The van der Waals surface area contributed by atoms with Crippen LogP contribution in [0.1, 0.15) is 59.4 Å². The van der Waals surface area contributed by atoms with E-state index in [-0.39, 0.29) is 12.0 Å². The molecule has 0 aromatic carbocycles. The number of furan rings is 1. The molecule has 3 heterocycles. The molecule has 1 saturated carbocycles. The van der Waals surface area contributed by atoms with Crippen molar-refractivity contribution in [2.45, 2.75) is 51.0 Å². The third-order valence-corrected chi connectivity index (χ3v) is 4.84. The third kappa shape index (κ3) is 3.76. The maximum Gasteiger partial charge on any atom is 0.257 e. The Bertz CT molecular complexity index is 734. The van der Waals surface area contributed by atoms with Crippen molar-refractivity contribution in [1.82, 2.24) is 15.0 Å². The molecule has 1 saturated heterocycles. The number of ether oxygens (including phenoxy) is 1. The van der Waals surface area contributed by atoms with E-state index in [9.17, 15) is 4.79 Å². The van der Waals surface area contributed by atoms with E-state index in [0.29, 0.717) is 42.6 Å². The molecule has 0 spiro atoms. The van der Waals surface area contributed by atoms with Gasteiger partial charge in [0.2, 0.25) is 5.89 Å². The smallest absolute Gasteiger partial charge is 0.257 e. The van der Waals surface area contributed by atoms with Gasteiger partial charge in [0.15, 0.2) is 5.82 Å². The van der Waals surface area contributed by atoms with Crippen molar-refractivity contribution in [3.05, 3.63) is 35.4 Å². The first kappa shape index (κ1) is 16.3. The van der Waals surface area contributed by atoms with Crippen molar-refractivity contribution >= 4 is 5.91 Å². The largest absolute Gasteiger partial charge is 0.469 e. The topological polar surface area (TPSA) is 81.6 Å². The number of carbonyl (C=O) groups is 1. The average Bonchev–Trinajstić information content (AvgIpc) is 3.22. The van der Waals surface area contributed by atoms with E-state index in [1.165, 1.54) is 0 Å². The van der Waals surface area contributed by atoms with Crippen LogP contribution in [0.25, 0.3) is 0 Å². The molecule has 2 aromatic rings. The monoisotopic (exact) mass is 345 g/mol. The van der Waals surface area contributed by atoms with Crippen LogP contribution in [0.4, 0.5) is 0 Å². The van der Waals surface area contributed by atoms with E-state index in [1.54, 1.807) is 12.3 Å². The molecule has 2 fully saturated rings. The number of aryl methyl sites for hydroxylation is 1. The number of amides is 1.